The first-order chi connectivity index (χ1) is 15.6. The highest BCUT2D eigenvalue weighted by molar-refractivity contribution is 5.80. The van der Waals surface area contributed by atoms with Gasteiger partial charge in [-0.15, -0.1) is 0 Å². The summed E-state index contributed by atoms with van der Waals surface area (Å²) in [6.07, 6.45) is 2.38. The lowest BCUT2D eigenvalue weighted by Gasteiger charge is -2.18. The van der Waals surface area contributed by atoms with Crippen LogP contribution in [0.4, 0.5) is 0 Å². The lowest BCUT2D eigenvalue weighted by atomic mass is 10.1. The van der Waals surface area contributed by atoms with Gasteiger partial charge in [-0.1, -0.05) is 48.5 Å². The highest BCUT2D eigenvalue weighted by atomic mass is 16.5. The molecular formula is C26H36N4O2. The highest BCUT2D eigenvalue weighted by Gasteiger charge is 2.29. The summed E-state index contributed by atoms with van der Waals surface area (Å²) in [5.41, 5.74) is 3.60. The SMILES string of the molecule is CN=C(NCCCOc1c(C)cccc1C)NCC1CC(=O)N(CCc2ccccc2)C1. The van der Waals surface area contributed by atoms with Gasteiger partial charge in [-0.2, -0.15) is 0 Å². The lowest BCUT2D eigenvalue weighted by molar-refractivity contribution is -0.127. The summed E-state index contributed by atoms with van der Waals surface area (Å²) in [5, 5.41) is 6.71. The van der Waals surface area contributed by atoms with E-state index in [9.17, 15) is 4.79 Å². The fraction of sp³-hybridized carbons (Fsp3) is 0.462. The van der Waals surface area contributed by atoms with Crippen molar-refractivity contribution in [2.24, 2.45) is 10.9 Å². The maximum Gasteiger partial charge on any atom is 0.223 e. The minimum Gasteiger partial charge on any atom is -0.493 e. The van der Waals surface area contributed by atoms with E-state index in [0.29, 0.717) is 18.9 Å². The standard InChI is InChI=1S/C26H36N4O2/c1-20-9-7-10-21(2)25(20)32-16-8-14-28-26(27-3)29-18-23-17-24(31)30(19-23)15-13-22-11-5-4-6-12-22/h4-7,9-12,23H,8,13-19H2,1-3H3,(H2,27,28,29). The summed E-state index contributed by atoms with van der Waals surface area (Å²) in [4.78, 5) is 18.7. The fourth-order valence-electron chi connectivity index (χ4n) is 4.06. The number of carbonyl (C=O) groups excluding carboxylic acids is 1. The number of likely N-dealkylation sites (tertiary alicyclic amines) is 1. The Labute approximate surface area is 192 Å². The van der Waals surface area contributed by atoms with E-state index in [4.69, 9.17) is 4.74 Å². The predicted octanol–water partition coefficient (Wildman–Crippen LogP) is 3.33. The number of para-hydroxylation sites is 1. The Balaban J connectivity index is 1.32. The number of aliphatic imine (C=N–C) groups is 1. The van der Waals surface area contributed by atoms with Gasteiger partial charge in [0.25, 0.3) is 0 Å². The van der Waals surface area contributed by atoms with E-state index < -0.39 is 0 Å². The van der Waals surface area contributed by atoms with Gasteiger partial charge < -0.3 is 20.3 Å². The van der Waals surface area contributed by atoms with Crippen LogP contribution in [0, 0.1) is 19.8 Å². The number of carbonyl (C=O) groups is 1. The molecule has 1 aliphatic rings. The second-order valence-electron chi connectivity index (χ2n) is 8.45. The maximum atomic E-state index is 12.4. The number of guanidine groups is 1. The Morgan fingerprint density at radius 2 is 1.84 bits per heavy atom. The van der Waals surface area contributed by atoms with Crippen molar-refractivity contribution in [2.45, 2.75) is 33.1 Å². The van der Waals surface area contributed by atoms with Gasteiger partial charge in [-0.3, -0.25) is 9.79 Å². The zero-order valence-electron chi connectivity index (χ0n) is 19.6. The van der Waals surface area contributed by atoms with Crippen LogP contribution >= 0.6 is 0 Å². The molecule has 0 bridgehead atoms. The highest BCUT2D eigenvalue weighted by Crippen LogP contribution is 2.22. The molecule has 3 rings (SSSR count). The third-order valence-electron chi connectivity index (χ3n) is 5.86. The van der Waals surface area contributed by atoms with Gasteiger partial charge in [0.05, 0.1) is 6.61 Å². The van der Waals surface area contributed by atoms with Gasteiger partial charge in [0.15, 0.2) is 5.96 Å². The number of nitrogens with zero attached hydrogens (tertiary/aromatic N) is 2. The van der Waals surface area contributed by atoms with E-state index in [1.54, 1.807) is 7.05 Å². The molecule has 2 aromatic rings. The van der Waals surface area contributed by atoms with Crippen molar-refractivity contribution in [3.63, 3.8) is 0 Å². The van der Waals surface area contributed by atoms with Crippen molar-refractivity contribution in [2.75, 3.05) is 39.8 Å². The van der Waals surface area contributed by atoms with Crippen molar-refractivity contribution in [3.05, 3.63) is 65.2 Å². The summed E-state index contributed by atoms with van der Waals surface area (Å²) >= 11 is 0. The Bertz CT molecular complexity index is 878. The van der Waals surface area contributed by atoms with E-state index in [0.717, 1.165) is 50.7 Å². The van der Waals surface area contributed by atoms with Crippen LogP contribution in [0.5, 0.6) is 5.75 Å². The molecule has 0 radical (unpaired) electrons. The number of rotatable bonds is 10. The van der Waals surface area contributed by atoms with Crippen LogP contribution in [-0.4, -0.2) is 56.6 Å². The van der Waals surface area contributed by atoms with Crippen LogP contribution in [-0.2, 0) is 11.2 Å². The van der Waals surface area contributed by atoms with E-state index in [2.05, 4.69) is 59.8 Å². The van der Waals surface area contributed by atoms with E-state index >= 15 is 0 Å². The monoisotopic (exact) mass is 436 g/mol. The van der Waals surface area contributed by atoms with Crippen molar-refractivity contribution in [1.29, 1.82) is 0 Å². The molecule has 0 aliphatic carbocycles. The summed E-state index contributed by atoms with van der Waals surface area (Å²) in [7, 11) is 1.77. The van der Waals surface area contributed by atoms with Gasteiger partial charge in [0.1, 0.15) is 5.75 Å². The predicted molar refractivity (Wildman–Crippen MR) is 130 cm³/mol. The first-order valence-corrected chi connectivity index (χ1v) is 11.5. The summed E-state index contributed by atoms with van der Waals surface area (Å²) in [6.45, 7) is 7.91. The number of hydrogen-bond donors (Lipinski definition) is 2. The Morgan fingerprint density at radius 3 is 2.56 bits per heavy atom. The fourth-order valence-corrected chi connectivity index (χ4v) is 4.06. The Morgan fingerprint density at radius 1 is 1.09 bits per heavy atom. The van der Waals surface area contributed by atoms with E-state index in [1.165, 1.54) is 16.7 Å². The summed E-state index contributed by atoms with van der Waals surface area (Å²) in [5.74, 6) is 2.31. The molecule has 6 nitrogen and oxygen atoms in total. The van der Waals surface area contributed by atoms with Gasteiger partial charge >= 0.3 is 0 Å². The molecular weight excluding hydrogens is 400 g/mol. The quantitative estimate of drug-likeness (QED) is 0.341. The van der Waals surface area contributed by atoms with Gasteiger partial charge in [-0.25, -0.2) is 0 Å². The average Bonchev–Trinajstić information content (AvgIpc) is 3.16. The van der Waals surface area contributed by atoms with Crippen LogP contribution in [0.1, 0.15) is 29.5 Å². The van der Waals surface area contributed by atoms with Crippen LogP contribution < -0.4 is 15.4 Å². The molecule has 1 heterocycles. The molecule has 1 saturated heterocycles. The Hall–Kier alpha value is -3.02. The third-order valence-corrected chi connectivity index (χ3v) is 5.86. The molecule has 2 N–H and O–H groups in total. The molecule has 2 aromatic carbocycles. The van der Waals surface area contributed by atoms with E-state index in [1.807, 2.05) is 23.1 Å². The Kier molecular flexibility index (Phi) is 8.96. The molecule has 172 valence electrons. The number of nitrogens with one attached hydrogen (secondary N) is 2. The van der Waals surface area contributed by atoms with Crippen LogP contribution in [0.15, 0.2) is 53.5 Å². The number of amides is 1. The summed E-state index contributed by atoms with van der Waals surface area (Å²) in [6, 6.07) is 16.5. The second-order valence-corrected chi connectivity index (χ2v) is 8.45. The van der Waals surface area contributed by atoms with Crippen molar-refractivity contribution in [3.8, 4) is 5.75 Å². The minimum absolute atomic E-state index is 0.249. The third kappa shape index (κ3) is 7.01. The number of benzene rings is 2. The number of hydrogen-bond acceptors (Lipinski definition) is 3. The number of aryl methyl sites for hydroxylation is 2. The first kappa shape index (κ1) is 23.6. The molecule has 1 unspecified atom stereocenters. The zero-order chi connectivity index (χ0) is 22.8. The van der Waals surface area contributed by atoms with Gasteiger partial charge in [-0.05, 0) is 43.4 Å². The van der Waals surface area contributed by atoms with Crippen LogP contribution in [0.3, 0.4) is 0 Å². The zero-order valence-corrected chi connectivity index (χ0v) is 19.6. The molecule has 0 saturated carbocycles. The van der Waals surface area contributed by atoms with Gasteiger partial charge in [0.2, 0.25) is 5.91 Å². The maximum absolute atomic E-state index is 12.4. The van der Waals surface area contributed by atoms with Crippen molar-refractivity contribution in [1.82, 2.24) is 15.5 Å². The molecule has 0 aromatic heterocycles. The normalized spacial score (nSPS) is 16.3. The van der Waals surface area contributed by atoms with E-state index in [-0.39, 0.29) is 5.91 Å². The molecule has 32 heavy (non-hydrogen) atoms. The second kappa shape index (κ2) is 12.1. The molecule has 6 heteroatoms. The first-order valence-electron chi connectivity index (χ1n) is 11.5. The van der Waals surface area contributed by atoms with Crippen LogP contribution in [0.25, 0.3) is 0 Å². The largest absolute Gasteiger partial charge is 0.493 e. The molecule has 1 aliphatic heterocycles. The molecule has 1 amide bonds. The molecule has 0 spiro atoms. The van der Waals surface area contributed by atoms with Crippen LogP contribution in [0.2, 0.25) is 0 Å². The minimum atomic E-state index is 0.249. The summed E-state index contributed by atoms with van der Waals surface area (Å²) < 4.78 is 5.96. The van der Waals surface area contributed by atoms with Gasteiger partial charge in [0, 0.05) is 45.6 Å². The molecule has 1 fully saturated rings. The van der Waals surface area contributed by atoms with Crippen molar-refractivity contribution < 1.29 is 9.53 Å². The average molecular weight is 437 g/mol. The number of ether oxygens (including phenoxy) is 1. The molecule has 1 atom stereocenters. The topological polar surface area (TPSA) is 66.0 Å². The van der Waals surface area contributed by atoms with Crippen molar-refractivity contribution >= 4 is 11.9 Å². The smallest absolute Gasteiger partial charge is 0.223 e. The lowest BCUT2D eigenvalue weighted by Crippen LogP contribution is -2.41.